The Hall–Kier alpha value is -3.47. The van der Waals surface area contributed by atoms with Gasteiger partial charge in [0.05, 0.1) is 17.2 Å². The molecule has 1 atom stereocenters. The van der Waals surface area contributed by atoms with Crippen LogP contribution in [0.5, 0.6) is 0 Å². The fourth-order valence-electron chi connectivity index (χ4n) is 3.52. The van der Waals surface area contributed by atoms with Crippen LogP contribution >= 0.6 is 0 Å². The number of hydrogen-bond acceptors (Lipinski definition) is 3. The number of rotatable bonds is 4. The van der Waals surface area contributed by atoms with Crippen molar-refractivity contribution >= 4 is 28.5 Å². The standard InChI is InChI=1S/C22H18N2O3/c1-14(16-12-6-8-15-7-2-3-9-17(15)16)23-20(25)13-24-21(26)18-10-4-5-11-19(18)22(24)27/h2-12,14H,13H2,1H3,(H,23,25). The maximum atomic E-state index is 12.5. The quantitative estimate of drug-likeness (QED) is 0.728. The minimum atomic E-state index is -0.427. The highest BCUT2D eigenvalue weighted by Crippen LogP contribution is 2.25. The smallest absolute Gasteiger partial charge is 0.262 e. The van der Waals surface area contributed by atoms with Crippen molar-refractivity contribution in [1.29, 1.82) is 0 Å². The van der Waals surface area contributed by atoms with Crippen molar-refractivity contribution in [2.45, 2.75) is 13.0 Å². The van der Waals surface area contributed by atoms with Gasteiger partial charge in [0, 0.05) is 0 Å². The number of imide groups is 1. The topological polar surface area (TPSA) is 66.5 Å². The van der Waals surface area contributed by atoms with E-state index in [1.807, 2.05) is 49.4 Å². The summed E-state index contributed by atoms with van der Waals surface area (Å²) in [6, 6.07) is 20.3. The molecule has 0 bridgehead atoms. The predicted molar refractivity (Wildman–Crippen MR) is 102 cm³/mol. The fraction of sp³-hybridized carbons (Fsp3) is 0.136. The molecule has 1 aliphatic heterocycles. The van der Waals surface area contributed by atoms with Gasteiger partial charge in [-0.25, -0.2) is 0 Å². The Morgan fingerprint density at radius 3 is 2.19 bits per heavy atom. The van der Waals surface area contributed by atoms with Crippen LogP contribution in [0.3, 0.4) is 0 Å². The van der Waals surface area contributed by atoms with Gasteiger partial charge in [0.1, 0.15) is 6.54 Å². The summed E-state index contributed by atoms with van der Waals surface area (Å²) in [6.45, 7) is 1.60. The third-order valence-corrected chi connectivity index (χ3v) is 4.85. The van der Waals surface area contributed by atoms with Crippen LogP contribution in [0.1, 0.15) is 39.2 Å². The van der Waals surface area contributed by atoms with Gasteiger partial charge < -0.3 is 5.32 Å². The van der Waals surface area contributed by atoms with Gasteiger partial charge >= 0.3 is 0 Å². The molecule has 0 radical (unpaired) electrons. The van der Waals surface area contributed by atoms with Gasteiger partial charge in [-0.3, -0.25) is 19.3 Å². The lowest BCUT2D eigenvalue weighted by molar-refractivity contribution is -0.122. The Bertz CT molecular complexity index is 1030. The second kappa shape index (κ2) is 6.68. The SMILES string of the molecule is CC(NC(=O)CN1C(=O)c2ccccc2C1=O)c1cccc2ccccc12. The number of carbonyl (C=O) groups is 3. The molecule has 0 saturated carbocycles. The van der Waals surface area contributed by atoms with Gasteiger partial charge in [-0.2, -0.15) is 0 Å². The number of amides is 3. The molecular formula is C22H18N2O3. The van der Waals surface area contributed by atoms with E-state index in [1.165, 1.54) is 0 Å². The van der Waals surface area contributed by atoms with Gasteiger partial charge in [0.25, 0.3) is 11.8 Å². The highest BCUT2D eigenvalue weighted by Gasteiger charge is 2.36. The van der Waals surface area contributed by atoms with E-state index in [0.717, 1.165) is 21.2 Å². The summed E-state index contributed by atoms with van der Waals surface area (Å²) in [4.78, 5) is 38.3. The van der Waals surface area contributed by atoms with Crippen molar-refractivity contribution in [2.75, 3.05) is 6.54 Å². The zero-order valence-electron chi connectivity index (χ0n) is 14.8. The van der Waals surface area contributed by atoms with E-state index in [-0.39, 0.29) is 18.5 Å². The number of fused-ring (bicyclic) bond motifs is 2. The van der Waals surface area contributed by atoms with Crippen LogP contribution in [0, 0.1) is 0 Å². The Morgan fingerprint density at radius 2 is 1.48 bits per heavy atom. The monoisotopic (exact) mass is 358 g/mol. The largest absolute Gasteiger partial charge is 0.348 e. The molecule has 0 spiro atoms. The number of carbonyl (C=O) groups excluding carboxylic acids is 3. The third-order valence-electron chi connectivity index (χ3n) is 4.85. The summed E-state index contributed by atoms with van der Waals surface area (Å²) in [5, 5.41) is 5.06. The van der Waals surface area contributed by atoms with Crippen LogP contribution in [0.25, 0.3) is 10.8 Å². The van der Waals surface area contributed by atoms with Crippen LogP contribution in [0.15, 0.2) is 66.7 Å². The van der Waals surface area contributed by atoms with Crippen molar-refractivity contribution in [3.05, 3.63) is 83.4 Å². The average Bonchev–Trinajstić information content (AvgIpc) is 2.92. The Labute approximate surface area is 156 Å². The second-order valence-corrected chi connectivity index (χ2v) is 6.60. The lowest BCUT2D eigenvalue weighted by Crippen LogP contribution is -2.41. The van der Waals surface area contributed by atoms with Crippen LogP contribution in [-0.4, -0.2) is 29.2 Å². The normalized spacial score (nSPS) is 14.3. The molecule has 0 aromatic heterocycles. The first kappa shape index (κ1) is 17.0. The summed E-state index contributed by atoms with van der Waals surface area (Å²) in [5.41, 5.74) is 1.68. The minimum Gasteiger partial charge on any atom is -0.348 e. The van der Waals surface area contributed by atoms with E-state index < -0.39 is 11.8 Å². The molecule has 0 saturated heterocycles. The van der Waals surface area contributed by atoms with Gasteiger partial charge in [-0.05, 0) is 35.4 Å². The van der Waals surface area contributed by atoms with E-state index >= 15 is 0 Å². The molecule has 27 heavy (non-hydrogen) atoms. The summed E-state index contributed by atoms with van der Waals surface area (Å²) < 4.78 is 0. The summed E-state index contributed by atoms with van der Waals surface area (Å²) >= 11 is 0. The van der Waals surface area contributed by atoms with Crippen LogP contribution in [0.4, 0.5) is 0 Å². The molecule has 134 valence electrons. The molecule has 4 rings (SSSR count). The number of nitrogens with one attached hydrogen (secondary N) is 1. The molecule has 1 aliphatic rings. The highest BCUT2D eigenvalue weighted by atomic mass is 16.2. The number of hydrogen-bond donors (Lipinski definition) is 1. The van der Waals surface area contributed by atoms with E-state index in [1.54, 1.807) is 24.3 Å². The first-order chi connectivity index (χ1) is 13.1. The maximum Gasteiger partial charge on any atom is 0.262 e. The van der Waals surface area contributed by atoms with E-state index in [9.17, 15) is 14.4 Å². The maximum absolute atomic E-state index is 12.5. The summed E-state index contributed by atoms with van der Waals surface area (Å²) in [7, 11) is 0. The van der Waals surface area contributed by atoms with Crippen molar-refractivity contribution in [3.8, 4) is 0 Å². The fourth-order valence-corrected chi connectivity index (χ4v) is 3.52. The zero-order valence-corrected chi connectivity index (χ0v) is 14.8. The van der Waals surface area contributed by atoms with E-state index in [4.69, 9.17) is 0 Å². The molecule has 3 aromatic carbocycles. The Morgan fingerprint density at radius 1 is 0.889 bits per heavy atom. The van der Waals surface area contributed by atoms with Crippen molar-refractivity contribution in [3.63, 3.8) is 0 Å². The van der Waals surface area contributed by atoms with Gasteiger partial charge in [-0.1, -0.05) is 54.6 Å². The Kier molecular flexibility index (Phi) is 4.20. The molecule has 1 heterocycles. The second-order valence-electron chi connectivity index (χ2n) is 6.60. The first-order valence-corrected chi connectivity index (χ1v) is 8.78. The molecule has 3 amide bonds. The van der Waals surface area contributed by atoms with Crippen LogP contribution < -0.4 is 5.32 Å². The minimum absolute atomic E-state index is 0.251. The molecule has 5 heteroatoms. The van der Waals surface area contributed by atoms with Crippen LogP contribution in [-0.2, 0) is 4.79 Å². The molecule has 0 fully saturated rings. The zero-order chi connectivity index (χ0) is 19.0. The summed E-state index contributed by atoms with van der Waals surface area (Å²) in [5.74, 6) is -1.22. The predicted octanol–water partition coefficient (Wildman–Crippen LogP) is 3.31. The van der Waals surface area contributed by atoms with Crippen LogP contribution in [0.2, 0.25) is 0 Å². The van der Waals surface area contributed by atoms with E-state index in [2.05, 4.69) is 5.32 Å². The highest BCUT2D eigenvalue weighted by molar-refractivity contribution is 6.22. The average molecular weight is 358 g/mol. The van der Waals surface area contributed by atoms with E-state index in [0.29, 0.717) is 11.1 Å². The molecule has 1 unspecified atom stereocenters. The molecule has 1 N–H and O–H groups in total. The van der Waals surface area contributed by atoms with Gasteiger partial charge in [0.15, 0.2) is 0 Å². The first-order valence-electron chi connectivity index (χ1n) is 8.78. The molecule has 5 nitrogen and oxygen atoms in total. The van der Waals surface area contributed by atoms with Gasteiger partial charge in [0.2, 0.25) is 5.91 Å². The van der Waals surface area contributed by atoms with Crippen molar-refractivity contribution in [1.82, 2.24) is 10.2 Å². The van der Waals surface area contributed by atoms with Crippen molar-refractivity contribution < 1.29 is 14.4 Å². The third kappa shape index (κ3) is 2.97. The Balaban J connectivity index is 1.50. The lowest BCUT2D eigenvalue weighted by atomic mass is 10.00. The lowest BCUT2D eigenvalue weighted by Gasteiger charge is -2.19. The number of benzene rings is 3. The molecular weight excluding hydrogens is 340 g/mol. The van der Waals surface area contributed by atoms with Gasteiger partial charge in [-0.15, -0.1) is 0 Å². The van der Waals surface area contributed by atoms with Crippen molar-refractivity contribution in [2.24, 2.45) is 0 Å². The summed E-state index contributed by atoms with van der Waals surface area (Å²) in [6.07, 6.45) is 0. The molecule has 3 aromatic rings. The molecule has 0 aliphatic carbocycles. The number of nitrogens with zero attached hydrogens (tertiary/aromatic N) is 1.